The Balaban J connectivity index is 2.34. The third-order valence-corrected chi connectivity index (χ3v) is 4.83. The third kappa shape index (κ3) is 2.75. The van der Waals surface area contributed by atoms with E-state index < -0.39 is 5.60 Å². The normalized spacial score (nSPS) is 38.1. The minimum Gasteiger partial charge on any atom is -0.461 e. The third-order valence-electron chi connectivity index (χ3n) is 4.83. The van der Waals surface area contributed by atoms with Gasteiger partial charge in [-0.2, -0.15) is 0 Å². The Morgan fingerprint density at radius 2 is 2.15 bits per heavy atom. The number of hydrogen-bond acceptors (Lipinski definition) is 5. The smallest absolute Gasteiger partial charge is 0.302 e. The van der Waals surface area contributed by atoms with Crippen LogP contribution in [-0.4, -0.2) is 42.8 Å². The van der Waals surface area contributed by atoms with Crippen LogP contribution in [0.15, 0.2) is 11.1 Å². The summed E-state index contributed by atoms with van der Waals surface area (Å²) in [4.78, 5) is 11.1. The summed E-state index contributed by atoms with van der Waals surface area (Å²) in [6.07, 6.45) is 1.39. The van der Waals surface area contributed by atoms with Crippen molar-refractivity contribution in [3.63, 3.8) is 0 Å². The number of rotatable bonds is 3. The fourth-order valence-corrected chi connectivity index (χ4v) is 3.10. The number of carbonyl (C=O) groups excluding carboxylic acids is 1. The monoisotopic (exact) mass is 284 g/mol. The summed E-state index contributed by atoms with van der Waals surface area (Å²) < 4.78 is 16.2. The second-order valence-electron chi connectivity index (χ2n) is 6.22. The van der Waals surface area contributed by atoms with Crippen molar-refractivity contribution < 1.29 is 24.1 Å². The maximum atomic E-state index is 11.1. The lowest BCUT2D eigenvalue weighted by atomic mass is 9.64. The largest absolute Gasteiger partial charge is 0.461 e. The summed E-state index contributed by atoms with van der Waals surface area (Å²) in [7, 11) is 0. The summed E-state index contributed by atoms with van der Waals surface area (Å²) in [6, 6.07) is 0. The van der Waals surface area contributed by atoms with Gasteiger partial charge < -0.3 is 19.3 Å². The molecule has 1 saturated heterocycles. The summed E-state index contributed by atoms with van der Waals surface area (Å²) >= 11 is 0. The second kappa shape index (κ2) is 5.47. The average Bonchev–Trinajstić information content (AvgIpc) is 2.89. The lowest BCUT2D eigenvalue weighted by Crippen LogP contribution is -2.46. The molecule has 20 heavy (non-hydrogen) atoms. The first-order valence-corrected chi connectivity index (χ1v) is 7.03. The molecule has 1 aliphatic carbocycles. The predicted molar refractivity (Wildman–Crippen MR) is 73.0 cm³/mol. The van der Waals surface area contributed by atoms with Gasteiger partial charge in [0, 0.05) is 12.3 Å². The molecular weight excluding hydrogens is 260 g/mol. The number of hydrogen-bond donors (Lipinski definition) is 1. The van der Waals surface area contributed by atoms with Gasteiger partial charge in [0.2, 0.25) is 0 Å². The molecule has 3 atom stereocenters. The van der Waals surface area contributed by atoms with Gasteiger partial charge in [0.1, 0.15) is 13.4 Å². The second-order valence-corrected chi connectivity index (χ2v) is 6.22. The molecule has 2 aliphatic rings. The number of aliphatic hydroxyl groups is 1. The zero-order valence-corrected chi connectivity index (χ0v) is 12.7. The van der Waals surface area contributed by atoms with Crippen LogP contribution in [0.4, 0.5) is 0 Å². The van der Waals surface area contributed by atoms with Crippen LogP contribution in [0.3, 0.4) is 0 Å². The highest BCUT2D eigenvalue weighted by Crippen LogP contribution is 2.48. The highest BCUT2D eigenvalue weighted by molar-refractivity contribution is 5.66. The van der Waals surface area contributed by atoms with Crippen LogP contribution >= 0.6 is 0 Å². The maximum absolute atomic E-state index is 11.1. The molecule has 1 N–H and O–H groups in total. The summed E-state index contributed by atoms with van der Waals surface area (Å²) in [5.41, 5.74) is 0.717. The van der Waals surface area contributed by atoms with E-state index in [0.29, 0.717) is 19.8 Å². The lowest BCUT2D eigenvalue weighted by Gasteiger charge is -2.45. The zero-order chi connectivity index (χ0) is 15.0. The Kier molecular flexibility index (Phi) is 4.23. The van der Waals surface area contributed by atoms with Crippen LogP contribution in [0.1, 0.15) is 40.5 Å². The zero-order valence-electron chi connectivity index (χ0n) is 12.7. The molecule has 0 saturated carbocycles. The summed E-state index contributed by atoms with van der Waals surface area (Å²) in [5, 5.41) is 10.5. The molecule has 0 aromatic heterocycles. The molecule has 5 heteroatoms. The molecule has 0 aromatic carbocycles. The molecule has 0 amide bonds. The van der Waals surface area contributed by atoms with Crippen molar-refractivity contribution in [2.75, 3.05) is 20.0 Å². The van der Waals surface area contributed by atoms with Crippen molar-refractivity contribution in [3.8, 4) is 0 Å². The molecule has 0 bridgehead atoms. The van der Waals surface area contributed by atoms with E-state index >= 15 is 0 Å². The minimum absolute atomic E-state index is 0.0564. The maximum Gasteiger partial charge on any atom is 0.302 e. The van der Waals surface area contributed by atoms with Crippen LogP contribution in [-0.2, 0) is 19.0 Å². The molecule has 5 nitrogen and oxygen atoms in total. The fraction of sp³-hybridized carbons (Fsp3) is 0.800. The first-order chi connectivity index (χ1) is 9.27. The van der Waals surface area contributed by atoms with E-state index in [1.54, 1.807) is 0 Å². The minimum atomic E-state index is -0.853. The van der Waals surface area contributed by atoms with Crippen molar-refractivity contribution >= 4 is 5.97 Å². The standard InChI is InChI=1S/C15H24O5/c1-10-12(7-19-11(2)16)14(3,5-6-15(10,4)17)13-8-18-9-20-13/h13,17H,5-9H2,1-4H3. The molecule has 114 valence electrons. The van der Waals surface area contributed by atoms with Gasteiger partial charge >= 0.3 is 5.97 Å². The van der Waals surface area contributed by atoms with E-state index in [1.165, 1.54) is 6.92 Å². The van der Waals surface area contributed by atoms with Gasteiger partial charge in [-0.05, 0) is 37.8 Å². The van der Waals surface area contributed by atoms with E-state index in [-0.39, 0.29) is 24.1 Å². The molecule has 1 fully saturated rings. The van der Waals surface area contributed by atoms with Crippen molar-refractivity contribution in [1.82, 2.24) is 0 Å². The molecular formula is C15H24O5. The average molecular weight is 284 g/mol. The van der Waals surface area contributed by atoms with Crippen molar-refractivity contribution in [3.05, 3.63) is 11.1 Å². The van der Waals surface area contributed by atoms with Gasteiger partial charge in [-0.25, -0.2) is 0 Å². The van der Waals surface area contributed by atoms with Gasteiger partial charge in [0.05, 0.1) is 18.3 Å². The highest BCUT2D eigenvalue weighted by Gasteiger charge is 2.47. The van der Waals surface area contributed by atoms with Gasteiger partial charge in [-0.3, -0.25) is 4.79 Å². The summed E-state index contributed by atoms with van der Waals surface area (Å²) in [5.74, 6) is -0.318. The van der Waals surface area contributed by atoms with Gasteiger partial charge in [0.25, 0.3) is 0 Å². The van der Waals surface area contributed by atoms with E-state index in [4.69, 9.17) is 14.2 Å². The van der Waals surface area contributed by atoms with Crippen molar-refractivity contribution in [2.24, 2.45) is 5.41 Å². The molecule has 2 rings (SSSR count). The van der Waals surface area contributed by atoms with E-state index in [1.807, 2.05) is 13.8 Å². The van der Waals surface area contributed by atoms with Crippen LogP contribution in [0.2, 0.25) is 0 Å². The Labute approximate surface area is 119 Å². The number of esters is 1. The SMILES string of the molecule is CC(=O)OCC1=C(C)C(C)(O)CCC1(C)C1COCO1. The lowest BCUT2D eigenvalue weighted by molar-refractivity contribution is -0.140. The number of ether oxygens (including phenoxy) is 3. The Morgan fingerprint density at radius 1 is 1.45 bits per heavy atom. The van der Waals surface area contributed by atoms with Crippen molar-refractivity contribution in [2.45, 2.75) is 52.2 Å². The van der Waals surface area contributed by atoms with E-state index in [9.17, 15) is 9.90 Å². The topological polar surface area (TPSA) is 65.0 Å². The Morgan fingerprint density at radius 3 is 2.70 bits per heavy atom. The highest BCUT2D eigenvalue weighted by atomic mass is 16.7. The van der Waals surface area contributed by atoms with Crippen LogP contribution < -0.4 is 0 Å². The van der Waals surface area contributed by atoms with Crippen LogP contribution in [0.5, 0.6) is 0 Å². The Hall–Kier alpha value is -0.910. The predicted octanol–water partition coefficient (Wildman–Crippen LogP) is 1.79. The van der Waals surface area contributed by atoms with Gasteiger partial charge in [-0.1, -0.05) is 6.92 Å². The van der Waals surface area contributed by atoms with Gasteiger partial charge in [0.15, 0.2) is 0 Å². The first-order valence-electron chi connectivity index (χ1n) is 7.03. The molecule has 0 radical (unpaired) electrons. The summed E-state index contributed by atoms with van der Waals surface area (Å²) in [6.45, 7) is 8.25. The number of carbonyl (C=O) groups is 1. The van der Waals surface area contributed by atoms with Crippen LogP contribution in [0.25, 0.3) is 0 Å². The Bertz CT molecular complexity index is 420. The first kappa shape index (κ1) is 15.5. The van der Waals surface area contributed by atoms with E-state index in [2.05, 4.69) is 6.92 Å². The van der Waals surface area contributed by atoms with Crippen LogP contribution in [0, 0.1) is 5.41 Å². The quantitative estimate of drug-likeness (QED) is 0.632. The molecule has 0 spiro atoms. The molecule has 1 aliphatic heterocycles. The molecule has 3 unspecified atom stereocenters. The molecule has 1 heterocycles. The van der Waals surface area contributed by atoms with Crippen molar-refractivity contribution in [1.29, 1.82) is 0 Å². The van der Waals surface area contributed by atoms with E-state index in [0.717, 1.165) is 17.6 Å². The molecule has 0 aromatic rings. The van der Waals surface area contributed by atoms with Gasteiger partial charge in [-0.15, -0.1) is 0 Å². The fourth-order valence-electron chi connectivity index (χ4n) is 3.10.